The third-order valence-electron chi connectivity index (χ3n) is 3.69. The van der Waals surface area contributed by atoms with E-state index in [1.54, 1.807) is 0 Å². The highest BCUT2D eigenvalue weighted by atomic mass is 16.4. The summed E-state index contributed by atoms with van der Waals surface area (Å²) in [6.45, 7) is 0. The van der Waals surface area contributed by atoms with Crippen LogP contribution in [0, 0.1) is 0 Å². The van der Waals surface area contributed by atoms with Crippen LogP contribution in [0.4, 0.5) is 0 Å². The second-order valence-corrected chi connectivity index (χ2v) is 4.93. The first-order chi connectivity index (χ1) is 8.27. The Bertz CT molecular complexity index is 384. The fourth-order valence-electron chi connectivity index (χ4n) is 2.82. The van der Waals surface area contributed by atoms with Gasteiger partial charge in [0.2, 0.25) is 0 Å². The van der Waals surface area contributed by atoms with Crippen LogP contribution in [-0.4, -0.2) is 11.1 Å². The molecule has 1 aliphatic rings. The fraction of sp³-hybridized carbons (Fsp3) is 0.533. The molecule has 92 valence electrons. The Labute approximate surface area is 103 Å². The van der Waals surface area contributed by atoms with Crippen LogP contribution < -0.4 is 0 Å². The average molecular weight is 232 g/mol. The maximum absolute atomic E-state index is 10.4. The van der Waals surface area contributed by atoms with Crippen molar-refractivity contribution < 1.29 is 9.90 Å². The molecule has 2 heteroatoms. The molecule has 0 radical (unpaired) electrons. The monoisotopic (exact) mass is 232 g/mol. The number of hydrogen-bond donors (Lipinski definition) is 1. The molecule has 0 fully saturated rings. The van der Waals surface area contributed by atoms with Crippen molar-refractivity contribution in [1.82, 2.24) is 0 Å². The lowest BCUT2D eigenvalue weighted by Gasteiger charge is -2.25. The number of carboxylic acids is 1. The summed E-state index contributed by atoms with van der Waals surface area (Å²) in [6, 6.07) is 8.72. The molecule has 1 N–H and O–H groups in total. The molecule has 0 bridgehead atoms. The van der Waals surface area contributed by atoms with Gasteiger partial charge >= 0.3 is 5.97 Å². The second-order valence-electron chi connectivity index (χ2n) is 4.93. The lowest BCUT2D eigenvalue weighted by atomic mass is 9.80. The topological polar surface area (TPSA) is 37.3 Å². The van der Waals surface area contributed by atoms with Crippen molar-refractivity contribution in [1.29, 1.82) is 0 Å². The zero-order valence-electron chi connectivity index (χ0n) is 10.2. The number of fused-ring (bicyclic) bond motifs is 1. The van der Waals surface area contributed by atoms with Crippen molar-refractivity contribution >= 4 is 5.97 Å². The van der Waals surface area contributed by atoms with Crippen molar-refractivity contribution in [3.8, 4) is 0 Å². The largest absolute Gasteiger partial charge is 0.481 e. The van der Waals surface area contributed by atoms with E-state index in [0.717, 1.165) is 19.3 Å². The molecular formula is C15H20O2. The number of rotatable bonds is 5. The molecule has 2 rings (SSSR count). The normalized spacial score (nSPS) is 18.7. The highest BCUT2D eigenvalue weighted by Gasteiger charge is 2.18. The molecule has 0 amide bonds. The van der Waals surface area contributed by atoms with Crippen LogP contribution in [0.2, 0.25) is 0 Å². The van der Waals surface area contributed by atoms with E-state index in [9.17, 15) is 4.79 Å². The van der Waals surface area contributed by atoms with Gasteiger partial charge in [-0.25, -0.2) is 0 Å². The van der Waals surface area contributed by atoms with Crippen LogP contribution in [0.15, 0.2) is 24.3 Å². The lowest BCUT2D eigenvalue weighted by molar-refractivity contribution is -0.137. The molecule has 0 saturated carbocycles. The van der Waals surface area contributed by atoms with E-state index < -0.39 is 5.97 Å². The van der Waals surface area contributed by atoms with Crippen LogP contribution >= 0.6 is 0 Å². The predicted octanol–water partition coefficient (Wildman–Crippen LogP) is 3.75. The molecule has 1 aliphatic carbocycles. The molecule has 0 heterocycles. The molecule has 0 saturated heterocycles. The summed E-state index contributed by atoms with van der Waals surface area (Å²) in [5, 5.41) is 8.61. The number of carboxylic acid groups (broad SMARTS) is 1. The minimum absolute atomic E-state index is 0.314. The van der Waals surface area contributed by atoms with Gasteiger partial charge < -0.3 is 5.11 Å². The van der Waals surface area contributed by atoms with Crippen molar-refractivity contribution in [2.24, 2.45) is 0 Å². The zero-order valence-corrected chi connectivity index (χ0v) is 10.2. The molecule has 17 heavy (non-hydrogen) atoms. The number of aryl methyl sites for hydroxylation is 1. The number of aliphatic carboxylic acids is 1. The summed E-state index contributed by atoms with van der Waals surface area (Å²) < 4.78 is 0. The Balaban J connectivity index is 1.88. The number of carbonyl (C=O) groups is 1. The van der Waals surface area contributed by atoms with Gasteiger partial charge in [-0.15, -0.1) is 0 Å². The first-order valence-corrected chi connectivity index (χ1v) is 6.57. The summed E-state index contributed by atoms with van der Waals surface area (Å²) in [4.78, 5) is 10.4. The Hall–Kier alpha value is -1.31. The van der Waals surface area contributed by atoms with Gasteiger partial charge in [0.05, 0.1) is 0 Å². The molecule has 0 aliphatic heterocycles. The van der Waals surface area contributed by atoms with E-state index in [4.69, 9.17) is 5.11 Å². The number of benzene rings is 1. The maximum atomic E-state index is 10.4. The first kappa shape index (κ1) is 12.2. The summed E-state index contributed by atoms with van der Waals surface area (Å²) in [5.74, 6) is -0.0113. The molecular weight excluding hydrogens is 212 g/mol. The van der Waals surface area contributed by atoms with Crippen LogP contribution in [0.25, 0.3) is 0 Å². The van der Waals surface area contributed by atoms with Gasteiger partial charge in [0.15, 0.2) is 0 Å². The molecule has 2 nitrogen and oxygen atoms in total. The van der Waals surface area contributed by atoms with E-state index in [0.29, 0.717) is 12.3 Å². The summed E-state index contributed by atoms with van der Waals surface area (Å²) in [5.41, 5.74) is 3.01. The number of hydrogen-bond acceptors (Lipinski definition) is 1. The quantitative estimate of drug-likeness (QED) is 0.785. The van der Waals surface area contributed by atoms with Crippen molar-refractivity contribution in [2.45, 2.75) is 50.9 Å². The Morgan fingerprint density at radius 3 is 2.94 bits per heavy atom. The minimum atomic E-state index is -0.672. The van der Waals surface area contributed by atoms with Crippen molar-refractivity contribution in [2.75, 3.05) is 0 Å². The van der Waals surface area contributed by atoms with Crippen molar-refractivity contribution in [3.05, 3.63) is 35.4 Å². The Morgan fingerprint density at radius 1 is 1.29 bits per heavy atom. The standard InChI is InChI=1S/C15H20O2/c16-15(17)11-4-2-7-13-9-5-8-12-6-1-3-10-14(12)13/h1,3,6,10,13H,2,4-5,7-9,11H2,(H,16,17). The average Bonchev–Trinajstić information content (AvgIpc) is 2.34. The predicted molar refractivity (Wildman–Crippen MR) is 68.2 cm³/mol. The maximum Gasteiger partial charge on any atom is 0.303 e. The van der Waals surface area contributed by atoms with Crippen molar-refractivity contribution in [3.63, 3.8) is 0 Å². The van der Waals surface area contributed by atoms with E-state index in [1.165, 1.54) is 30.4 Å². The van der Waals surface area contributed by atoms with Gasteiger partial charge in [-0.1, -0.05) is 30.7 Å². The van der Waals surface area contributed by atoms with Crippen LogP contribution in [0.5, 0.6) is 0 Å². The van der Waals surface area contributed by atoms with Gasteiger partial charge in [-0.2, -0.15) is 0 Å². The minimum Gasteiger partial charge on any atom is -0.481 e. The third kappa shape index (κ3) is 3.32. The summed E-state index contributed by atoms with van der Waals surface area (Å²) >= 11 is 0. The van der Waals surface area contributed by atoms with E-state index >= 15 is 0 Å². The Morgan fingerprint density at radius 2 is 2.12 bits per heavy atom. The molecule has 1 unspecified atom stereocenters. The SMILES string of the molecule is O=C(O)CCCCC1CCCc2ccccc21. The third-order valence-corrected chi connectivity index (χ3v) is 3.69. The second kappa shape index (κ2) is 5.85. The van der Waals surface area contributed by atoms with Crippen LogP contribution in [-0.2, 0) is 11.2 Å². The molecule has 1 aromatic rings. The molecule has 1 atom stereocenters. The fourth-order valence-corrected chi connectivity index (χ4v) is 2.82. The summed E-state index contributed by atoms with van der Waals surface area (Å²) in [7, 11) is 0. The van der Waals surface area contributed by atoms with E-state index in [-0.39, 0.29) is 0 Å². The van der Waals surface area contributed by atoms with Gasteiger partial charge in [0, 0.05) is 6.42 Å². The highest BCUT2D eigenvalue weighted by molar-refractivity contribution is 5.66. The first-order valence-electron chi connectivity index (χ1n) is 6.57. The van der Waals surface area contributed by atoms with E-state index in [1.807, 2.05) is 0 Å². The molecule has 0 spiro atoms. The van der Waals surface area contributed by atoms with Gasteiger partial charge in [0.1, 0.15) is 0 Å². The smallest absolute Gasteiger partial charge is 0.303 e. The van der Waals surface area contributed by atoms with E-state index in [2.05, 4.69) is 24.3 Å². The molecule has 0 aromatic heterocycles. The number of unbranched alkanes of at least 4 members (excludes halogenated alkanes) is 1. The Kier molecular flexibility index (Phi) is 4.18. The lowest BCUT2D eigenvalue weighted by Crippen LogP contribution is -2.09. The van der Waals surface area contributed by atoms with Gasteiger partial charge in [-0.3, -0.25) is 4.79 Å². The molecule has 1 aromatic carbocycles. The summed E-state index contributed by atoms with van der Waals surface area (Å²) in [6.07, 6.45) is 7.06. The van der Waals surface area contributed by atoms with Crippen LogP contribution in [0.3, 0.4) is 0 Å². The zero-order chi connectivity index (χ0) is 12.1. The van der Waals surface area contributed by atoms with Gasteiger partial charge in [-0.05, 0) is 49.1 Å². The highest BCUT2D eigenvalue weighted by Crippen LogP contribution is 2.34. The van der Waals surface area contributed by atoms with Gasteiger partial charge in [0.25, 0.3) is 0 Å². The van der Waals surface area contributed by atoms with Crippen LogP contribution in [0.1, 0.15) is 55.6 Å².